The Balaban J connectivity index is 1.52. The van der Waals surface area contributed by atoms with E-state index < -0.39 is 0 Å². The number of hydrogen-bond acceptors (Lipinski definition) is 5. The molecule has 1 atom stereocenters. The molecule has 1 saturated heterocycles. The van der Waals surface area contributed by atoms with Gasteiger partial charge in [0.15, 0.2) is 0 Å². The minimum atomic E-state index is -0.319. The van der Waals surface area contributed by atoms with Crippen molar-refractivity contribution in [3.05, 3.63) is 77.5 Å². The van der Waals surface area contributed by atoms with E-state index in [4.69, 9.17) is 4.74 Å². The Bertz CT molecular complexity index is 1410. The maximum Gasteiger partial charge on any atom is 0.254 e. The summed E-state index contributed by atoms with van der Waals surface area (Å²) in [5.41, 5.74) is 4.74. The van der Waals surface area contributed by atoms with Gasteiger partial charge in [0, 0.05) is 60.0 Å². The number of aryl methyl sites for hydroxylation is 1. The summed E-state index contributed by atoms with van der Waals surface area (Å²) in [5, 5.41) is 8.32. The molecular formula is C28H30FN5O2. The highest BCUT2D eigenvalue weighted by molar-refractivity contribution is 5.96. The lowest BCUT2D eigenvalue weighted by molar-refractivity contribution is 0.0373. The molecule has 2 aromatic carbocycles. The fraction of sp³-hybridized carbons (Fsp3) is 0.321. The van der Waals surface area contributed by atoms with Gasteiger partial charge in [0.05, 0.1) is 24.4 Å². The summed E-state index contributed by atoms with van der Waals surface area (Å²) in [6.45, 7) is 6.04. The number of fused-ring (bicyclic) bond motifs is 1. The van der Waals surface area contributed by atoms with Crippen LogP contribution < -0.4 is 4.74 Å². The molecule has 186 valence electrons. The predicted molar refractivity (Wildman–Crippen MR) is 137 cm³/mol. The molecule has 4 aromatic rings. The minimum absolute atomic E-state index is 0.116. The highest BCUT2D eigenvalue weighted by atomic mass is 19.1. The third kappa shape index (κ3) is 4.33. The van der Waals surface area contributed by atoms with Crippen molar-refractivity contribution >= 4 is 16.8 Å². The molecule has 1 amide bonds. The standard InChI is InChI=1S/C28H30FN5O2/c1-5-36-25-12-19(9-10-22(25)18-7-6-8-21(29)11-18)28(35)34(4)27(20-15-33(3)16-20)24-13-30-17(2)23-14-31-32-26(23)24/h6-14,20,27H,5,15-16H2,1-4H3,(H,31,32)/t27-/m1/s1. The fourth-order valence-electron chi connectivity index (χ4n) is 5.19. The first kappa shape index (κ1) is 23.9. The van der Waals surface area contributed by atoms with E-state index in [0.29, 0.717) is 23.5 Å². The Labute approximate surface area is 209 Å². The number of carbonyl (C=O) groups excluding carboxylic acids is 1. The van der Waals surface area contributed by atoms with Crippen molar-refractivity contribution in [2.45, 2.75) is 19.9 Å². The maximum atomic E-state index is 13.9. The Kier molecular flexibility index (Phi) is 6.45. The van der Waals surface area contributed by atoms with Crippen LogP contribution in [-0.4, -0.2) is 64.7 Å². The molecule has 1 aliphatic rings. The SMILES string of the molecule is CCOc1cc(C(=O)N(C)[C@@H](c2cnc(C)c3cn[nH]c23)C2CN(C)C2)ccc1-c1cccc(F)c1. The zero-order valence-corrected chi connectivity index (χ0v) is 21.0. The van der Waals surface area contributed by atoms with Gasteiger partial charge in [-0.25, -0.2) is 4.39 Å². The molecule has 7 nitrogen and oxygen atoms in total. The minimum Gasteiger partial charge on any atom is -0.493 e. The third-order valence-electron chi connectivity index (χ3n) is 6.97. The van der Waals surface area contributed by atoms with Crippen LogP contribution in [0.5, 0.6) is 5.75 Å². The Morgan fingerprint density at radius 2 is 2.06 bits per heavy atom. The molecule has 0 unspecified atom stereocenters. The largest absolute Gasteiger partial charge is 0.493 e. The second-order valence-corrected chi connectivity index (χ2v) is 9.45. The lowest BCUT2D eigenvalue weighted by atomic mass is 9.85. The summed E-state index contributed by atoms with van der Waals surface area (Å²) >= 11 is 0. The molecule has 1 N–H and O–H groups in total. The van der Waals surface area contributed by atoms with Gasteiger partial charge in [-0.05, 0) is 56.8 Å². The molecular weight excluding hydrogens is 457 g/mol. The first-order chi connectivity index (χ1) is 17.4. The Morgan fingerprint density at radius 1 is 1.25 bits per heavy atom. The zero-order valence-electron chi connectivity index (χ0n) is 21.0. The first-order valence-corrected chi connectivity index (χ1v) is 12.1. The van der Waals surface area contributed by atoms with Crippen molar-refractivity contribution in [3.8, 4) is 16.9 Å². The third-order valence-corrected chi connectivity index (χ3v) is 6.97. The van der Waals surface area contributed by atoms with Gasteiger partial charge < -0.3 is 14.5 Å². The molecule has 5 rings (SSSR count). The van der Waals surface area contributed by atoms with Crippen molar-refractivity contribution in [2.24, 2.45) is 5.92 Å². The molecule has 36 heavy (non-hydrogen) atoms. The van der Waals surface area contributed by atoms with Crippen LogP contribution in [0.3, 0.4) is 0 Å². The predicted octanol–water partition coefficient (Wildman–Crippen LogP) is 4.85. The number of benzene rings is 2. The number of halogens is 1. The van der Waals surface area contributed by atoms with Crippen LogP contribution in [0.2, 0.25) is 0 Å². The molecule has 2 aromatic heterocycles. The van der Waals surface area contributed by atoms with Gasteiger partial charge in [0.1, 0.15) is 11.6 Å². The normalized spacial score (nSPS) is 15.0. The monoisotopic (exact) mass is 487 g/mol. The van der Waals surface area contributed by atoms with Gasteiger partial charge in [0.2, 0.25) is 0 Å². The second kappa shape index (κ2) is 9.70. The quantitative estimate of drug-likeness (QED) is 0.404. The van der Waals surface area contributed by atoms with E-state index in [9.17, 15) is 9.18 Å². The van der Waals surface area contributed by atoms with Crippen molar-refractivity contribution in [2.75, 3.05) is 33.8 Å². The summed E-state index contributed by atoms with van der Waals surface area (Å²) in [4.78, 5) is 22.5. The number of nitrogens with zero attached hydrogens (tertiary/aromatic N) is 4. The Hall–Kier alpha value is -3.78. The number of rotatable bonds is 7. The Morgan fingerprint density at radius 3 is 2.78 bits per heavy atom. The van der Waals surface area contributed by atoms with E-state index in [1.165, 1.54) is 12.1 Å². The zero-order chi connectivity index (χ0) is 25.4. The number of hydrogen-bond donors (Lipinski definition) is 1. The van der Waals surface area contributed by atoms with Crippen LogP contribution in [-0.2, 0) is 0 Å². The van der Waals surface area contributed by atoms with Crippen molar-refractivity contribution in [1.29, 1.82) is 0 Å². The van der Waals surface area contributed by atoms with Gasteiger partial charge >= 0.3 is 0 Å². The van der Waals surface area contributed by atoms with E-state index in [1.807, 2.05) is 39.2 Å². The number of likely N-dealkylation sites (tertiary alicyclic amines) is 1. The van der Waals surface area contributed by atoms with Crippen molar-refractivity contribution < 1.29 is 13.9 Å². The summed E-state index contributed by atoms with van der Waals surface area (Å²) < 4.78 is 19.7. The number of pyridine rings is 1. The number of H-pyrrole nitrogens is 1. The molecule has 0 saturated carbocycles. The molecule has 1 aliphatic heterocycles. The second-order valence-electron chi connectivity index (χ2n) is 9.45. The van der Waals surface area contributed by atoms with E-state index >= 15 is 0 Å². The number of nitrogens with one attached hydrogen (secondary N) is 1. The van der Waals surface area contributed by atoms with Gasteiger partial charge in [-0.3, -0.25) is 14.9 Å². The number of carbonyl (C=O) groups is 1. The van der Waals surface area contributed by atoms with Gasteiger partial charge in [-0.1, -0.05) is 12.1 Å². The van der Waals surface area contributed by atoms with Gasteiger partial charge in [-0.15, -0.1) is 0 Å². The van der Waals surface area contributed by atoms with E-state index in [2.05, 4.69) is 27.1 Å². The van der Waals surface area contributed by atoms with Crippen LogP contribution in [0, 0.1) is 18.7 Å². The van der Waals surface area contributed by atoms with E-state index in [1.54, 1.807) is 29.3 Å². The van der Waals surface area contributed by atoms with Crippen LogP contribution in [0.15, 0.2) is 54.9 Å². The van der Waals surface area contributed by atoms with Crippen LogP contribution in [0.4, 0.5) is 4.39 Å². The highest BCUT2D eigenvalue weighted by Crippen LogP contribution is 2.38. The summed E-state index contributed by atoms with van der Waals surface area (Å²) in [7, 11) is 3.92. The first-order valence-electron chi connectivity index (χ1n) is 12.1. The maximum absolute atomic E-state index is 13.9. The summed E-state index contributed by atoms with van der Waals surface area (Å²) in [5.74, 6) is 0.377. The lowest BCUT2D eigenvalue weighted by Gasteiger charge is -2.44. The van der Waals surface area contributed by atoms with E-state index in [0.717, 1.165) is 40.8 Å². The van der Waals surface area contributed by atoms with E-state index in [-0.39, 0.29) is 23.7 Å². The molecule has 1 fully saturated rings. The smallest absolute Gasteiger partial charge is 0.254 e. The fourth-order valence-corrected chi connectivity index (χ4v) is 5.19. The lowest BCUT2D eigenvalue weighted by Crippen LogP contribution is -2.51. The number of aromatic nitrogens is 3. The molecule has 8 heteroatoms. The molecule has 0 bridgehead atoms. The van der Waals surface area contributed by atoms with Crippen molar-refractivity contribution in [1.82, 2.24) is 25.0 Å². The topological polar surface area (TPSA) is 74.3 Å². The number of ether oxygens (including phenoxy) is 1. The van der Waals surface area contributed by atoms with Crippen LogP contribution in [0.25, 0.3) is 22.0 Å². The molecule has 0 aliphatic carbocycles. The number of amides is 1. The van der Waals surface area contributed by atoms with Crippen LogP contribution >= 0.6 is 0 Å². The molecule has 0 spiro atoms. The van der Waals surface area contributed by atoms with Gasteiger partial charge in [0.25, 0.3) is 5.91 Å². The van der Waals surface area contributed by atoms with Crippen LogP contribution in [0.1, 0.15) is 34.6 Å². The van der Waals surface area contributed by atoms with Crippen molar-refractivity contribution in [3.63, 3.8) is 0 Å². The number of aromatic amines is 1. The highest BCUT2D eigenvalue weighted by Gasteiger charge is 2.38. The summed E-state index contributed by atoms with van der Waals surface area (Å²) in [6.07, 6.45) is 3.65. The molecule has 3 heterocycles. The van der Waals surface area contributed by atoms with Gasteiger partial charge in [-0.2, -0.15) is 5.10 Å². The average molecular weight is 488 g/mol. The average Bonchev–Trinajstić information content (AvgIpc) is 3.35. The summed E-state index contributed by atoms with van der Waals surface area (Å²) in [6, 6.07) is 11.6. The molecule has 0 radical (unpaired) electrons.